The van der Waals surface area contributed by atoms with Crippen molar-refractivity contribution in [1.29, 1.82) is 0 Å². The van der Waals surface area contributed by atoms with Gasteiger partial charge in [0.1, 0.15) is 0 Å². The predicted octanol–water partition coefficient (Wildman–Crippen LogP) is 3.20. The molecule has 1 heterocycles. The number of benzene rings is 2. The number of Topliss-reactive ketones (excluding diaryl/α,β-unsaturated/α-hetero) is 1. The van der Waals surface area contributed by atoms with Crippen LogP contribution >= 0.6 is 11.6 Å². The molecule has 1 aliphatic rings. The Hall–Kier alpha value is -2.04. The van der Waals surface area contributed by atoms with E-state index in [0.717, 1.165) is 36.9 Å². The van der Waals surface area contributed by atoms with Gasteiger partial charge in [0.15, 0.2) is 5.78 Å². The molecule has 0 aliphatic carbocycles. The number of nitrogens with two attached hydrogens (primary N) is 1. The van der Waals surface area contributed by atoms with Crippen molar-refractivity contribution in [3.05, 3.63) is 59.1 Å². The summed E-state index contributed by atoms with van der Waals surface area (Å²) in [5.74, 6) is -0.0210. The van der Waals surface area contributed by atoms with Crippen molar-refractivity contribution in [2.24, 2.45) is 5.73 Å². The molecule has 1 aliphatic heterocycles. The van der Waals surface area contributed by atoms with Gasteiger partial charge in [-0.05, 0) is 49.4 Å². The number of rotatable bonds is 4. The summed E-state index contributed by atoms with van der Waals surface area (Å²) < 4.78 is 0. The average molecular weight is 344 g/mol. The minimum absolute atomic E-state index is 0.0210. The first-order valence-electron chi connectivity index (χ1n) is 8.20. The third-order valence-electron chi connectivity index (χ3n) is 4.38. The third-order valence-corrected chi connectivity index (χ3v) is 4.62. The minimum Gasteiger partial charge on any atom is -0.368 e. The van der Waals surface area contributed by atoms with Crippen LogP contribution in [0.1, 0.15) is 17.3 Å². The molecule has 24 heavy (non-hydrogen) atoms. The lowest BCUT2D eigenvalue weighted by Crippen LogP contribution is -2.46. The van der Waals surface area contributed by atoms with Crippen LogP contribution in [0.2, 0.25) is 5.02 Å². The van der Waals surface area contributed by atoms with Crippen LogP contribution in [-0.2, 0) is 0 Å². The van der Waals surface area contributed by atoms with Crippen LogP contribution in [0.4, 0.5) is 11.4 Å². The molecule has 1 saturated heterocycles. The van der Waals surface area contributed by atoms with Gasteiger partial charge in [-0.15, -0.1) is 0 Å². The number of piperazine rings is 1. The van der Waals surface area contributed by atoms with Crippen molar-refractivity contribution in [3.63, 3.8) is 0 Å². The highest BCUT2D eigenvalue weighted by Crippen LogP contribution is 2.23. The topological polar surface area (TPSA) is 49.6 Å². The highest BCUT2D eigenvalue weighted by Gasteiger charge is 2.18. The highest BCUT2D eigenvalue weighted by atomic mass is 35.5. The molecule has 0 saturated carbocycles. The van der Waals surface area contributed by atoms with Gasteiger partial charge in [0, 0.05) is 48.1 Å². The van der Waals surface area contributed by atoms with Gasteiger partial charge < -0.3 is 15.5 Å². The van der Waals surface area contributed by atoms with E-state index in [4.69, 9.17) is 17.3 Å². The number of carbonyl (C=O) groups excluding carboxylic acids is 1. The molecular formula is C19H22ClN3O. The van der Waals surface area contributed by atoms with E-state index in [1.54, 1.807) is 6.92 Å². The average Bonchev–Trinajstić information content (AvgIpc) is 2.61. The molecular weight excluding hydrogens is 322 g/mol. The lowest BCUT2D eigenvalue weighted by Gasteiger charge is -2.37. The summed E-state index contributed by atoms with van der Waals surface area (Å²) in [5.41, 5.74) is 8.64. The van der Waals surface area contributed by atoms with Gasteiger partial charge in [-0.2, -0.15) is 0 Å². The first-order chi connectivity index (χ1) is 11.5. The van der Waals surface area contributed by atoms with Crippen LogP contribution in [0.5, 0.6) is 0 Å². The minimum atomic E-state index is -0.461. The Morgan fingerprint density at radius 2 is 1.58 bits per heavy atom. The second kappa shape index (κ2) is 7.24. The van der Waals surface area contributed by atoms with Crippen molar-refractivity contribution >= 4 is 28.8 Å². The number of anilines is 2. The van der Waals surface area contributed by atoms with Crippen molar-refractivity contribution < 1.29 is 4.79 Å². The standard InChI is InChI=1S/C19H22ClN3O/c1-14(21)19(24)15-5-7-17(8-6-15)22-9-11-23(12-10-22)18-4-2-3-16(20)13-18/h2-8,13-14H,9-12,21H2,1H3. The van der Waals surface area contributed by atoms with E-state index < -0.39 is 6.04 Å². The first kappa shape index (κ1) is 16.8. The molecule has 2 aromatic rings. The van der Waals surface area contributed by atoms with Crippen LogP contribution in [0.15, 0.2) is 48.5 Å². The molecule has 0 bridgehead atoms. The van der Waals surface area contributed by atoms with E-state index in [1.807, 2.05) is 42.5 Å². The van der Waals surface area contributed by atoms with Crippen LogP contribution in [0, 0.1) is 0 Å². The lowest BCUT2D eigenvalue weighted by atomic mass is 10.1. The summed E-state index contributed by atoms with van der Waals surface area (Å²) in [6, 6.07) is 15.3. The summed E-state index contributed by atoms with van der Waals surface area (Å²) in [6.07, 6.45) is 0. The third kappa shape index (κ3) is 3.71. The van der Waals surface area contributed by atoms with E-state index in [0.29, 0.717) is 5.56 Å². The van der Waals surface area contributed by atoms with Gasteiger partial charge in [-0.1, -0.05) is 17.7 Å². The zero-order valence-corrected chi connectivity index (χ0v) is 14.5. The van der Waals surface area contributed by atoms with Crippen LogP contribution in [-0.4, -0.2) is 38.0 Å². The molecule has 126 valence electrons. The summed E-state index contributed by atoms with van der Waals surface area (Å²) in [6.45, 7) is 5.48. The highest BCUT2D eigenvalue weighted by molar-refractivity contribution is 6.30. The summed E-state index contributed by atoms with van der Waals surface area (Å²) in [5, 5.41) is 0.768. The van der Waals surface area contributed by atoms with Gasteiger partial charge in [-0.3, -0.25) is 4.79 Å². The largest absolute Gasteiger partial charge is 0.368 e. The van der Waals surface area contributed by atoms with E-state index in [1.165, 1.54) is 5.69 Å². The SMILES string of the molecule is CC(N)C(=O)c1ccc(N2CCN(c3cccc(Cl)c3)CC2)cc1. The number of hydrogen-bond acceptors (Lipinski definition) is 4. The van der Waals surface area contributed by atoms with Crippen LogP contribution in [0.25, 0.3) is 0 Å². The Balaban J connectivity index is 1.63. The fourth-order valence-electron chi connectivity index (χ4n) is 3.00. The molecule has 5 heteroatoms. The molecule has 3 rings (SSSR count). The van der Waals surface area contributed by atoms with Gasteiger partial charge in [0.2, 0.25) is 0 Å². The summed E-state index contributed by atoms with van der Waals surface area (Å²) in [4.78, 5) is 16.6. The second-order valence-electron chi connectivity index (χ2n) is 6.15. The fraction of sp³-hybridized carbons (Fsp3) is 0.316. The van der Waals surface area contributed by atoms with Gasteiger partial charge in [-0.25, -0.2) is 0 Å². The molecule has 2 aromatic carbocycles. The van der Waals surface area contributed by atoms with Gasteiger partial charge in [0.25, 0.3) is 0 Å². The van der Waals surface area contributed by atoms with E-state index in [-0.39, 0.29) is 5.78 Å². The molecule has 1 atom stereocenters. The Bertz CT molecular complexity index is 707. The van der Waals surface area contributed by atoms with Crippen molar-refractivity contribution in [2.75, 3.05) is 36.0 Å². The number of carbonyl (C=O) groups is 1. The normalized spacial score (nSPS) is 16.1. The Labute approximate surface area is 147 Å². The monoisotopic (exact) mass is 343 g/mol. The Morgan fingerprint density at radius 3 is 2.12 bits per heavy atom. The Morgan fingerprint density at radius 1 is 1.00 bits per heavy atom. The quantitative estimate of drug-likeness (QED) is 0.866. The van der Waals surface area contributed by atoms with Gasteiger partial charge in [0.05, 0.1) is 6.04 Å². The van der Waals surface area contributed by atoms with E-state index in [9.17, 15) is 4.79 Å². The maximum absolute atomic E-state index is 11.9. The van der Waals surface area contributed by atoms with Crippen molar-refractivity contribution in [2.45, 2.75) is 13.0 Å². The maximum Gasteiger partial charge on any atom is 0.179 e. The molecule has 0 radical (unpaired) electrons. The molecule has 0 aromatic heterocycles. The molecule has 0 amide bonds. The van der Waals surface area contributed by atoms with Crippen LogP contribution < -0.4 is 15.5 Å². The van der Waals surface area contributed by atoms with Gasteiger partial charge >= 0.3 is 0 Å². The number of halogens is 1. The van der Waals surface area contributed by atoms with E-state index >= 15 is 0 Å². The molecule has 2 N–H and O–H groups in total. The Kier molecular flexibility index (Phi) is 5.07. The maximum atomic E-state index is 11.9. The van der Waals surface area contributed by atoms with Crippen molar-refractivity contribution in [3.8, 4) is 0 Å². The summed E-state index contributed by atoms with van der Waals surface area (Å²) >= 11 is 6.08. The predicted molar refractivity (Wildman–Crippen MR) is 100 cm³/mol. The summed E-state index contributed by atoms with van der Waals surface area (Å²) in [7, 11) is 0. The smallest absolute Gasteiger partial charge is 0.179 e. The second-order valence-corrected chi connectivity index (χ2v) is 6.59. The number of nitrogens with zero attached hydrogens (tertiary/aromatic N) is 2. The fourth-order valence-corrected chi connectivity index (χ4v) is 3.18. The molecule has 1 fully saturated rings. The first-order valence-corrected chi connectivity index (χ1v) is 8.58. The zero-order chi connectivity index (χ0) is 17.1. The van der Waals surface area contributed by atoms with Crippen LogP contribution in [0.3, 0.4) is 0 Å². The molecule has 1 unspecified atom stereocenters. The number of hydrogen-bond donors (Lipinski definition) is 1. The molecule has 4 nitrogen and oxygen atoms in total. The zero-order valence-electron chi connectivity index (χ0n) is 13.8. The molecule has 0 spiro atoms. The van der Waals surface area contributed by atoms with E-state index in [2.05, 4.69) is 15.9 Å². The lowest BCUT2D eigenvalue weighted by molar-refractivity contribution is 0.0968. The van der Waals surface area contributed by atoms with Crippen molar-refractivity contribution in [1.82, 2.24) is 0 Å². The number of ketones is 1.